The predicted molar refractivity (Wildman–Crippen MR) is 97.7 cm³/mol. The smallest absolute Gasteiger partial charge is 0.263 e. The van der Waals surface area contributed by atoms with E-state index in [4.69, 9.17) is 23.2 Å². The average molecular weight is 369 g/mol. The molecule has 2 heterocycles. The molecule has 2 aromatic rings. The Kier molecular flexibility index (Phi) is 5.27. The SMILES string of the molecule is CNCC1CCN(C(=O)c2ccc(-c3cc(Cl)cc(Cl)c3)s2)C1. The van der Waals surface area contributed by atoms with Crippen LogP contribution in [-0.4, -0.2) is 37.5 Å². The van der Waals surface area contributed by atoms with Gasteiger partial charge in [0.05, 0.1) is 4.88 Å². The molecule has 1 fully saturated rings. The first kappa shape index (κ1) is 16.8. The predicted octanol–water partition coefficient (Wildman–Crippen LogP) is 4.40. The molecule has 0 bridgehead atoms. The number of likely N-dealkylation sites (tertiary alicyclic amines) is 1. The summed E-state index contributed by atoms with van der Waals surface area (Å²) in [4.78, 5) is 16.4. The van der Waals surface area contributed by atoms with Gasteiger partial charge in [0.1, 0.15) is 0 Å². The maximum absolute atomic E-state index is 12.6. The summed E-state index contributed by atoms with van der Waals surface area (Å²) in [7, 11) is 1.95. The van der Waals surface area contributed by atoms with Crippen LogP contribution < -0.4 is 5.32 Å². The number of nitrogens with one attached hydrogen (secondary N) is 1. The summed E-state index contributed by atoms with van der Waals surface area (Å²) in [6.07, 6.45) is 1.06. The lowest BCUT2D eigenvalue weighted by Crippen LogP contribution is -2.29. The fourth-order valence-corrected chi connectivity index (χ4v) is 4.42. The van der Waals surface area contributed by atoms with Crippen molar-refractivity contribution in [2.24, 2.45) is 5.92 Å². The van der Waals surface area contributed by atoms with Crippen LogP contribution in [0, 0.1) is 5.92 Å². The van der Waals surface area contributed by atoms with E-state index in [9.17, 15) is 4.79 Å². The molecule has 1 atom stereocenters. The Morgan fingerprint density at radius 1 is 1.30 bits per heavy atom. The summed E-state index contributed by atoms with van der Waals surface area (Å²) < 4.78 is 0. The number of benzene rings is 1. The molecule has 3 rings (SSSR count). The Labute approximate surface area is 150 Å². The van der Waals surface area contributed by atoms with Crippen LogP contribution in [0.15, 0.2) is 30.3 Å². The first-order valence-corrected chi connectivity index (χ1v) is 9.14. The van der Waals surface area contributed by atoms with E-state index in [-0.39, 0.29) is 5.91 Å². The molecule has 1 amide bonds. The Hall–Kier alpha value is -1.07. The molecular weight excluding hydrogens is 351 g/mol. The van der Waals surface area contributed by atoms with E-state index >= 15 is 0 Å². The molecule has 6 heteroatoms. The van der Waals surface area contributed by atoms with Crippen molar-refractivity contribution in [1.82, 2.24) is 10.2 Å². The van der Waals surface area contributed by atoms with E-state index in [0.717, 1.165) is 41.4 Å². The Bertz CT molecular complexity index is 696. The number of halogens is 2. The van der Waals surface area contributed by atoms with Crippen LogP contribution in [0.4, 0.5) is 0 Å². The lowest BCUT2D eigenvalue weighted by atomic mass is 10.1. The zero-order chi connectivity index (χ0) is 16.4. The topological polar surface area (TPSA) is 32.3 Å². The third-order valence-electron chi connectivity index (χ3n) is 4.03. The maximum Gasteiger partial charge on any atom is 0.263 e. The number of hydrogen-bond acceptors (Lipinski definition) is 3. The van der Waals surface area contributed by atoms with Crippen LogP contribution in [0.3, 0.4) is 0 Å². The van der Waals surface area contributed by atoms with E-state index in [1.54, 1.807) is 6.07 Å². The number of thiophene rings is 1. The fourth-order valence-electron chi connectivity index (χ4n) is 2.93. The Morgan fingerprint density at radius 3 is 2.74 bits per heavy atom. The minimum Gasteiger partial charge on any atom is -0.338 e. The molecular formula is C17H18Cl2N2OS. The monoisotopic (exact) mass is 368 g/mol. The van der Waals surface area contributed by atoms with Crippen LogP contribution in [0.25, 0.3) is 10.4 Å². The third-order valence-corrected chi connectivity index (χ3v) is 5.59. The first-order chi connectivity index (χ1) is 11.1. The Morgan fingerprint density at radius 2 is 2.04 bits per heavy atom. The summed E-state index contributed by atoms with van der Waals surface area (Å²) in [6, 6.07) is 9.29. The molecule has 1 aliphatic heterocycles. The zero-order valence-electron chi connectivity index (χ0n) is 12.8. The van der Waals surface area contributed by atoms with Crippen molar-refractivity contribution in [3.05, 3.63) is 45.3 Å². The van der Waals surface area contributed by atoms with Gasteiger partial charge in [-0.2, -0.15) is 0 Å². The average Bonchev–Trinajstić information content (AvgIpc) is 3.15. The lowest BCUT2D eigenvalue weighted by Gasteiger charge is -2.15. The highest BCUT2D eigenvalue weighted by molar-refractivity contribution is 7.17. The largest absolute Gasteiger partial charge is 0.338 e. The summed E-state index contributed by atoms with van der Waals surface area (Å²) in [5.74, 6) is 0.670. The Balaban J connectivity index is 1.75. The zero-order valence-corrected chi connectivity index (χ0v) is 15.1. The van der Waals surface area contributed by atoms with Crippen molar-refractivity contribution in [2.45, 2.75) is 6.42 Å². The maximum atomic E-state index is 12.6. The number of carbonyl (C=O) groups is 1. The van der Waals surface area contributed by atoms with Crippen LogP contribution in [-0.2, 0) is 0 Å². The minimum absolute atomic E-state index is 0.118. The molecule has 0 spiro atoms. The molecule has 1 unspecified atom stereocenters. The molecule has 1 saturated heterocycles. The van der Waals surface area contributed by atoms with Crippen molar-refractivity contribution in [2.75, 3.05) is 26.7 Å². The van der Waals surface area contributed by atoms with Crippen LogP contribution >= 0.6 is 34.5 Å². The number of rotatable bonds is 4. The van der Waals surface area contributed by atoms with Crippen molar-refractivity contribution in [3.63, 3.8) is 0 Å². The van der Waals surface area contributed by atoms with E-state index < -0.39 is 0 Å². The third kappa shape index (κ3) is 3.89. The molecule has 1 N–H and O–H groups in total. The van der Waals surface area contributed by atoms with Gasteiger partial charge in [0, 0.05) is 28.0 Å². The van der Waals surface area contributed by atoms with Gasteiger partial charge in [-0.15, -0.1) is 11.3 Å². The van der Waals surface area contributed by atoms with E-state index in [1.807, 2.05) is 36.2 Å². The molecule has 122 valence electrons. The van der Waals surface area contributed by atoms with Gasteiger partial charge in [-0.25, -0.2) is 0 Å². The number of carbonyl (C=O) groups excluding carboxylic acids is 1. The van der Waals surface area contributed by atoms with E-state index in [0.29, 0.717) is 16.0 Å². The summed E-state index contributed by atoms with van der Waals surface area (Å²) in [6.45, 7) is 2.62. The van der Waals surface area contributed by atoms with Gasteiger partial charge in [0.2, 0.25) is 0 Å². The van der Waals surface area contributed by atoms with Crippen molar-refractivity contribution in [1.29, 1.82) is 0 Å². The highest BCUT2D eigenvalue weighted by Gasteiger charge is 2.27. The molecule has 0 radical (unpaired) electrons. The molecule has 0 saturated carbocycles. The van der Waals surface area contributed by atoms with Gasteiger partial charge in [-0.1, -0.05) is 23.2 Å². The molecule has 3 nitrogen and oxygen atoms in total. The fraction of sp³-hybridized carbons (Fsp3) is 0.353. The normalized spacial score (nSPS) is 17.7. The molecule has 1 aliphatic rings. The quantitative estimate of drug-likeness (QED) is 0.866. The van der Waals surface area contributed by atoms with Gasteiger partial charge < -0.3 is 10.2 Å². The van der Waals surface area contributed by atoms with Crippen molar-refractivity contribution < 1.29 is 4.79 Å². The van der Waals surface area contributed by atoms with E-state index in [1.165, 1.54) is 11.3 Å². The van der Waals surface area contributed by atoms with Gasteiger partial charge in [0.25, 0.3) is 5.91 Å². The minimum atomic E-state index is 0.118. The highest BCUT2D eigenvalue weighted by Crippen LogP contribution is 2.33. The van der Waals surface area contributed by atoms with Gasteiger partial charge >= 0.3 is 0 Å². The molecule has 0 aliphatic carbocycles. The second-order valence-electron chi connectivity index (χ2n) is 5.79. The summed E-state index contributed by atoms with van der Waals surface area (Å²) in [5, 5.41) is 4.39. The van der Waals surface area contributed by atoms with Gasteiger partial charge in [-0.3, -0.25) is 4.79 Å². The molecule has 1 aromatic heterocycles. The van der Waals surface area contributed by atoms with E-state index in [2.05, 4.69) is 5.32 Å². The van der Waals surface area contributed by atoms with Crippen LogP contribution in [0.2, 0.25) is 10.0 Å². The summed E-state index contributed by atoms with van der Waals surface area (Å²) in [5.41, 5.74) is 0.945. The van der Waals surface area contributed by atoms with Crippen LogP contribution in [0.1, 0.15) is 16.1 Å². The number of amides is 1. The van der Waals surface area contributed by atoms with Crippen molar-refractivity contribution in [3.8, 4) is 10.4 Å². The number of hydrogen-bond donors (Lipinski definition) is 1. The standard InChI is InChI=1S/C17H18Cl2N2OS/c1-20-9-11-4-5-21(10-11)17(22)16-3-2-15(23-16)12-6-13(18)8-14(19)7-12/h2-3,6-8,11,20H,4-5,9-10H2,1H3. The van der Waals surface area contributed by atoms with Gasteiger partial charge in [0.15, 0.2) is 0 Å². The van der Waals surface area contributed by atoms with Crippen LogP contribution in [0.5, 0.6) is 0 Å². The molecule has 1 aromatic carbocycles. The van der Waals surface area contributed by atoms with Gasteiger partial charge in [-0.05, 0) is 61.8 Å². The summed E-state index contributed by atoms with van der Waals surface area (Å²) >= 11 is 13.6. The lowest BCUT2D eigenvalue weighted by molar-refractivity contribution is 0.0792. The molecule has 23 heavy (non-hydrogen) atoms. The second kappa shape index (κ2) is 7.22. The second-order valence-corrected chi connectivity index (χ2v) is 7.74. The first-order valence-electron chi connectivity index (χ1n) is 7.57. The van der Waals surface area contributed by atoms with Crippen molar-refractivity contribution >= 4 is 40.4 Å². The highest BCUT2D eigenvalue weighted by atomic mass is 35.5. The number of nitrogens with zero attached hydrogens (tertiary/aromatic N) is 1.